The number of nitrogens with zero attached hydrogens (tertiary/aromatic N) is 2. The van der Waals surface area contributed by atoms with Gasteiger partial charge < -0.3 is 15.5 Å². The molecule has 0 saturated heterocycles. The zero-order valence-corrected chi connectivity index (χ0v) is 10.9. The largest absolute Gasteiger partial charge is 0.379 e. The van der Waals surface area contributed by atoms with Crippen LogP contribution in [-0.4, -0.2) is 29.2 Å². The third-order valence-corrected chi connectivity index (χ3v) is 3.33. The fourth-order valence-electron chi connectivity index (χ4n) is 2.37. The van der Waals surface area contributed by atoms with Crippen molar-refractivity contribution in [1.29, 1.82) is 0 Å². The standard InChI is InChI=1S/C12H21N5O/c1-3-10-15-11(7-12(16-10)17-13)14-8-5-4-6-9(8)18-2/h7-9H,3-6,13H2,1-2H3,(H2,14,15,16,17). The fourth-order valence-corrected chi connectivity index (χ4v) is 2.37. The minimum Gasteiger partial charge on any atom is -0.379 e. The maximum atomic E-state index is 5.46. The lowest BCUT2D eigenvalue weighted by Crippen LogP contribution is -2.30. The van der Waals surface area contributed by atoms with Crippen LogP contribution in [0, 0.1) is 0 Å². The van der Waals surface area contributed by atoms with Crippen LogP contribution in [0.5, 0.6) is 0 Å². The minimum absolute atomic E-state index is 0.263. The van der Waals surface area contributed by atoms with Gasteiger partial charge in [-0.05, 0) is 19.3 Å². The highest BCUT2D eigenvalue weighted by molar-refractivity contribution is 5.47. The number of nitrogens with two attached hydrogens (primary N) is 1. The fraction of sp³-hybridized carbons (Fsp3) is 0.667. The van der Waals surface area contributed by atoms with Crippen LogP contribution in [0.25, 0.3) is 0 Å². The zero-order valence-electron chi connectivity index (χ0n) is 10.9. The van der Waals surface area contributed by atoms with Crippen molar-refractivity contribution < 1.29 is 4.74 Å². The Morgan fingerprint density at radius 2 is 2.17 bits per heavy atom. The van der Waals surface area contributed by atoms with E-state index in [1.54, 1.807) is 7.11 Å². The van der Waals surface area contributed by atoms with Gasteiger partial charge >= 0.3 is 0 Å². The second-order valence-corrected chi connectivity index (χ2v) is 4.51. The van der Waals surface area contributed by atoms with Gasteiger partial charge in [0.2, 0.25) is 0 Å². The van der Waals surface area contributed by atoms with Crippen molar-refractivity contribution in [3.8, 4) is 0 Å². The van der Waals surface area contributed by atoms with E-state index in [-0.39, 0.29) is 6.10 Å². The molecule has 1 saturated carbocycles. The normalized spacial score (nSPS) is 23.1. The van der Waals surface area contributed by atoms with Gasteiger partial charge in [0.25, 0.3) is 0 Å². The highest BCUT2D eigenvalue weighted by atomic mass is 16.5. The van der Waals surface area contributed by atoms with E-state index >= 15 is 0 Å². The quantitative estimate of drug-likeness (QED) is 0.540. The maximum Gasteiger partial charge on any atom is 0.145 e. The number of ether oxygens (including phenoxy) is 1. The minimum atomic E-state index is 0.263. The number of hydrazine groups is 1. The smallest absolute Gasteiger partial charge is 0.145 e. The summed E-state index contributed by atoms with van der Waals surface area (Å²) >= 11 is 0. The molecule has 18 heavy (non-hydrogen) atoms. The Kier molecular flexibility index (Phi) is 4.33. The molecule has 1 aromatic rings. The first kappa shape index (κ1) is 13.0. The summed E-state index contributed by atoms with van der Waals surface area (Å²) in [6.07, 6.45) is 4.43. The van der Waals surface area contributed by atoms with Crippen molar-refractivity contribution in [1.82, 2.24) is 9.97 Å². The van der Waals surface area contributed by atoms with Crippen LogP contribution in [0.15, 0.2) is 6.07 Å². The average Bonchev–Trinajstić information content (AvgIpc) is 2.85. The van der Waals surface area contributed by atoms with Crippen molar-refractivity contribution in [2.24, 2.45) is 5.84 Å². The summed E-state index contributed by atoms with van der Waals surface area (Å²) in [6, 6.07) is 2.14. The van der Waals surface area contributed by atoms with Crippen LogP contribution in [0.4, 0.5) is 11.6 Å². The molecule has 0 radical (unpaired) electrons. The Hall–Kier alpha value is -1.40. The van der Waals surface area contributed by atoms with Crippen LogP contribution in [0.3, 0.4) is 0 Å². The molecule has 2 atom stereocenters. The SMILES string of the molecule is CCc1nc(NN)cc(NC2CCCC2OC)n1. The number of hydrogen-bond donors (Lipinski definition) is 3. The lowest BCUT2D eigenvalue weighted by Gasteiger charge is -2.20. The molecule has 100 valence electrons. The summed E-state index contributed by atoms with van der Waals surface area (Å²) in [7, 11) is 1.76. The highest BCUT2D eigenvalue weighted by Crippen LogP contribution is 2.25. The number of nitrogen functional groups attached to an aromatic ring is 1. The Balaban J connectivity index is 2.12. The first-order valence-corrected chi connectivity index (χ1v) is 6.40. The second-order valence-electron chi connectivity index (χ2n) is 4.51. The Morgan fingerprint density at radius 1 is 1.39 bits per heavy atom. The number of hydrogen-bond acceptors (Lipinski definition) is 6. The molecule has 0 aromatic carbocycles. The molecule has 1 aliphatic rings. The number of methoxy groups -OCH3 is 1. The lowest BCUT2D eigenvalue weighted by atomic mass is 10.2. The van der Waals surface area contributed by atoms with E-state index in [1.165, 1.54) is 6.42 Å². The number of anilines is 2. The summed E-state index contributed by atoms with van der Waals surface area (Å²) in [5.74, 6) is 7.63. The van der Waals surface area contributed by atoms with Gasteiger partial charge in [-0.2, -0.15) is 0 Å². The molecular formula is C12H21N5O. The number of aryl methyl sites for hydroxylation is 1. The first-order valence-electron chi connectivity index (χ1n) is 6.40. The summed E-state index contributed by atoms with van der Waals surface area (Å²) in [6.45, 7) is 2.02. The molecule has 6 nitrogen and oxygen atoms in total. The predicted molar refractivity (Wildman–Crippen MR) is 71.3 cm³/mol. The zero-order chi connectivity index (χ0) is 13.0. The van der Waals surface area contributed by atoms with Crippen molar-refractivity contribution in [2.75, 3.05) is 17.9 Å². The van der Waals surface area contributed by atoms with Gasteiger partial charge in [0.1, 0.15) is 17.5 Å². The Labute approximate surface area is 107 Å². The van der Waals surface area contributed by atoms with Gasteiger partial charge in [0.15, 0.2) is 0 Å². The summed E-state index contributed by atoms with van der Waals surface area (Å²) in [4.78, 5) is 8.72. The molecule has 1 heterocycles. The van der Waals surface area contributed by atoms with E-state index in [2.05, 4.69) is 20.7 Å². The maximum absolute atomic E-state index is 5.46. The van der Waals surface area contributed by atoms with Crippen LogP contribution < -0.4 is 16.6 Å². The molecule has 2 unspecified atom stereocenters. The molecule has 1 aliphatic carbocycles. The van der Waals surface area contributed by atoms with Crippen molar-refractivity contribution in [2.45, 2.75) is 44.8 Å². The van der Waals surface area contributed by atoms with Crippen LogP contribution in [0.1, 0.15) is 32.0 Å². The molecular weight excluding hydrogens is 230 g/mol. The molecule has 0 bridgehead atoms. The van der Waals surface area contributed by atoms with Gasteiger partial charge in [-0.1, -0.05) is 6.92 Å². The van der Waals surface area contributed by atoms with E-state index in [4.69, 9.17) is 10.6 Å². The van der Waals surface area contributed by atoms with Gasteiger partial charge in [-0.25, -0.2) is 15.8 Å². The van der Waals surface area contributed by atoms with E-state index in [9.17, 15) is 0 Å². The number of aromatic nitrogens is 2. The molecule has 0 aliphatic heterocycles. The lowest BCUT2D eigenvalue weighted by molar-refractivity contribution is 0.101. The molecule has 2 rings (SSSR count). The van der Waals surface area contributed by atoms with Gasteiger partial charge in [0, 0.05) is 19.6 Å². The van der Waals surface area contributed by atoms with Gasteiger partial charge in [-0.15, -0.1) is 0 Å². The summed E-state index contributed by atoms with van der Waals surface area (Å²) in [5, 5.41) is 3.42. The third kappa shape index (κ3) is 2.88. The van der Waals surface area contributed by atoms with E-state index < -0.39 is 0 Å². The van der Waals surface area contributed by atoms with Crippen LogP contribution >= 0.6 is 0 Å². The van der Waals surface area contributed by atoms with Gasteiger partial charge in [-0.3, -0.25) is 0 Å². The molecule has 1 aromatic heterocycles. The monoisotopic (exact) mass is 251 g/mol. The topological polar surface area (TPSA) is 85.1 Å². The summed E-state index contributed by atoms with van der Waals surface area (Å²) < 4.78 is 5.46. The Bertz CT molecular complexity index is 376. The average molecular weight is 251 g/mol. The number of rotatable bonds is 5. The van der Waals surface area contributed by atoms with Crippen molar-refractivity contribution in [3.05, 3.63) is 11.9 Å². The van der Waals surface area contributed by atoms with Crippen molar-refractivity contribution >= 4 is 11.6 Å². The highest BCUT2D eigenvalue weighted by Gasteiger charge is 2.27. The molecule has 4 N–H and O–H groups in total. The molecule has 0 amide bonds. The predicted octanol–water partition coefficient (Wildman–Crippen LogP) is 1.30. The van der Waals surface area contributed by atoms with E-state index in [0.29, 0.717) is 11.9 Å². The third-order valence-electron chi connectivity index (χ3n) is 3.33. The van der Waals surface area contributed by atoms with Crippen LogP contribution in [0.2, 0.25) is 0 Å². The number of nitrogens with one attached hydrogen (secondary N) is 2. The molecule has 1 fully saturated rings. The first-order chi connectivity index (χ1) is 8.76. The summed E-state index contributed by atoms with van der Waals surface area (Å²) in [5.41, 5.74) is 2.57. The van der Waals surface area contributed by atoms with E-state index in [0.717, 1.165) is 30.9 Å². The van der Waals surface area contributed by atoms with Gasteiger partial charge in [0.05, 0.1) is 12.1 Å². The Morgan fingerprint density at radius 3 is 2.83 bits per heavy atom. The van der Waals surface area contributed by atoms with Crippen LogP contribution in [-0.2, 0) is 11.2 Å². The second kappa shape index (κ2) is 5.97. The molecule has 6 heteroatoms. The van der Waals surface area contributed by atoms with Crippen molar-refractivity contribution in [3.63, 3.8) is 0 Å². The van der Waals surface area contributed by atoms with E-state index in [1.807, 2.05) is 13.0 Å². The molecule has 0 spiro atoms.